The number of benzene rings is 2. The molecule has 0 spiro atoms. The Morgan fingerprint density at radius 1 is 1.08 bits per heavy atom. The average molecular weight is 352 g/mol. The van der Waals surface area contributed by atoms with Crippen molar-refractivity contribution in [3.8, 4) is 17.2 Å². The number of hydrogen-bond acceptors (Lipinski definition) is 5. The van der Waals surface area contributed by atoms with Crippen LogP contribution in [0.2, 0.25) is 0 Å². The topological polar surface area (TPSA) is 97.8 Å². The van der Waals surface area contributed by atoms with Crippen LogP contribution in [0.25, 0.3) is 10.9 Å². The molecule has 0 aliphatic carbocycles. The lowest BCUT2D eigenvalue weighted by Gasteiger charge is -2.12. The van der Waals surface area contributed by atoms with E-state index in [9.17, 15) is 14.7 Å². The van der Waals surface area contributed by atoms with Crippen molar-refractivity contribution in [1.82, 2.24) is 4.98 Å². The molecule has 0 bridgehead atoms. The lowest BCUT2D eigenvalue weighted by Crippen LogP contribution is -2.06. The van der Waals surface area contributed by atoms with Gasteiger partial charge in [0, 0.05) is 42.4 Å². The third kappa shape index (κ3) is 3.72. The number of nitrogens with zero attached hydrogens (tertiary/aromatic N) is 1. The highest BCUT2D eigenvalue weighted by atomic mass is 16.5. The molecular weight excluding hydrogens is 336 g/mol. The predicted octanol–water partition coefficient (Wildman–Crippen LogP) is 3.69. The summed E-state index contributed by atoms with van der Waals surface area (Å²) in [5, 5.41) is 12.4. The summed E-state index contributed by atoms with van der Waals surface area (Å²) >= 11 is 0. The summed E-state index contributed by atoms with van der Waals surface area (Å²) in [6.45, 7) is 1.41. The predicted molar refractivity (Wildman–Crippen MR) is 96.1 cm³/mol. The van der Waals surface area contributed by atoms with Crippen molar-refractivity contribution in [3.05, 3.63) is 54.2 Å². The molecule has 2 N–H and O–H groups in total. The van der Waals surface area contributed by atoms with Crippen molar-refractivity contribution < 1.29 is 24.2 Å². The Bertz CT molecular complexity index is 1000. The van der Waals surface area contributed by atoms with Gasteiger partial charge in [0.1, 0.15) is 17.2 Å². The fourth-order valence-corrected chi connectivity index (χ4v) is 2.49. The summed E-state index contributed by atoms with van der Waals surface area (Å²) in [6, 6.07) is 11.2. The van der Waals surface area contributed by atoms with E-state index in [4.69, 9.17) is 9.47 Å². The summed E-state index contributed by atoms with van der Waals surface area (Å²) < 4.78 is 11.2. The average Bonchev–Trinajstić information content (AvgIpc) is 2.60. The number of aromatic carboxylic acids is 1. The zero-order valence-electron chi connectivity index (χ0n) is 14.1. The van der Waals surface area contributed by atoms with Crippen molar-refractivity contribution in [3.63, 3.8) is 0 Å². The van der Waals surface area contributed by atoms with Crippen LogP contribution in [0.15, 0.2) is 48.7 Å². The number of fused-ring (bicyclic) bond motifs is 1. The first-order chi connectivity index (χ1) is 12.5. The van der Waals surface area contributed by atoms with E-state index in [1.807, 2.05) is 0 Å². The normalized spacial score (nSPS) is 10.4. The van der Waals surface area contributed by atoms with Gasteiger partial charge in [0.25, 0.3) is 0 Å². The molecule has 7 nitrogen and oxygen atoms in total. The van der Waals surface area contributed by atoms with Gasteiger partial charge in [0.15, 0.2) is 0 Å². The third-order valence-electron chi connectivity index (χ3n) is 3.61. The van der Waals surface area contributed by atoms with Crippen LogP contribution in [-0.2, 0) is 4.79 Å². The second-order valence-corrected chi connectivity index (χ2v) is 5.53. The van der Waals surface area contributed by atoms with Gasteiger partial charge in [-0.3, -0.25) is 9.78 Å². The molecule has 132 valence electrons. The molecule has 2 aromatic carbocycles. The first-order valence-electron chi connectivity index (χ1n) is 7.73. The summed E-state index contributed by atoms with van der Waals surface area (Å²) in [5.74, 6) is 0.137. The van der Waals surface area contributed by atoms with E-state index in [1.54, 1.807) is 36.5 Å². The molecule has 0 saturated carbocycles. The molecular formula is C19H16N2O5. The number of carbonyl (C=O) groups is 2. The van der Waals surface area contributed by atoms with E-state index in [2.05, 4.69) is 10.3 Å². The lowest BCUT2D eigenvalue weighted by molar-refractivity contribution is -0.114. The van der Waals surface area contributed by atoms with E-state index in [-0.39, 0.29) is 11.5 Å². The van der Waals surface area contributed by atoms with Crippen LogP contribution in [0.1, 0.15) is 17.3 Å². The number of methoxy groups -OCH3 is 1. The smallest absolute Gasteiger partial charge is 0.335 e. The summed E-state index contributed by atoms with van der Waals surface area (Å²) in [7, 11) is 1.51. The van der Waals surface area contributed by atoms with E-state index in [0.29, 0.717) is 33.8 Å². The molecule has 0 atom stereocenters. The Morgan fingerprint density at radius 3 is 2.54 bits per heavy atom. The largest absolute Gasteiger partial charge is 0.497 e. The van der Waals surface area contributed by atoms with E-state index in [1.165, 1.54) is 26.2 Å². The summed E-state index contributed by atoms with van der Waals surface area (Å²) in [4.78, 5) is 26.7. The van der Waals surface area contributed by atoms with Crippen LogP contribution in [0, 0.1) is 0 Å². The van der Waals surface area contributed by atoms with Gasteiger partial charge in [-0.05, 0) is 24.3 Å². The molecule has 0 fully saturated rings. The van der Waals surface area contributed by atoms with Crippen molar-refractivity contribution >= 4 is 28.5 Å². The van der Waals surface area contributed by atoms with Crippen LogP contribution in [0.5, 0.6) is 17.2 Å². The molecule has 0 aliphatic heterocycles. The molecule has 26 heavy (non-hydrogen) atoms. The number of ether oxygens (including phenoxy) is 2. The number of carboxylic acids is 1. The maximum atomic E-state index is 11.3. The molecule has 3 aromatic rings. The van der Waals surface area contributed by atoms with Crippen LogP contribution in [0.3, 0.4) is 0 Å². The number of carbonyl (C=O) groups excluding carboxylic acids is 1. The molecule has 1 amide bonds. The fourth-order valence-electron chi connectivity index (χ4n) is 2.49. The molecule has 0 saturated heterocycles. The quantitative estimate of drug-likeness (QED) is 0.727. The maximum Gasteiger partial charge on any atom is 0.335 e. The zero-order chi connectivity index (χ0) is 18.7. The van der Waals surface area contributed by atoms with Gasteiger partial charge >= 0.3 is 5.97 Å². The molecule has 3 rings (SSSR count). The SMILES string of the molecule is COc1cc(NC(C)=O)cc(Oc2ccnc3ccc(C(=O)O)cc23)c1. The van der Waals surface area contributed by atoms with E-state index >= 15 is 0 Å². The minimum absolute atomic E-state index is 0.139. The molecule has 7 heteroatoms. The second-order valence-electron chi connectivity index (χ2n) is 5.53. The highest BCUT2D eigenvalue weighted by Crippen LogP contribution is 2.33. The Hall–Kier alpha value is -3.61. The fraction of sp³-hybridized carbons (Fsp3) is 0.105. The molecule has 0 unspecified atom stereocenters. The number of nitrogens with one attached hydrogen (secondary N) is 1. The number of anilines is 1. The highest BCUT2D eigenvalue weighted by Gasteiger charge is 2.11. The zero-order valence-corrected chi connectivity index (χ0v) is 14.1. The Labute approximate surface area is 149 Å². The van der Waals surface area contributed by atoms with Crippen LogP contribution in [-0.4, -0.2) is 29.1 Å². The van der Waals surface area contributed by atoms with Crippen LogP contribution >= 0.6 is 0 Å². The number of pyridine rings is 1. The Kier molecular flexibility index (Phi) is 4.70. The van der Waals surface area contributed by atoms with Gasteiger partial charge in [-0.2, -0.15) is 0 Å². The standard InChI is InChI=1S/C19H16N2O5/c1-11(22)21-13-8-14(25-2)10-15(9-13)26-18-5-6-20-17-4-3-12(19(23)24)7-16(17)18/h3-10H,1-2H3,(H,21,22)(H,23,24). The number of carboxylic acid groups (broad SMARTS) is 1. The van der Waals surface area contributed by atoms with Crippen molar-refractivity contribution in [2.75, 3.05) is 12.4 Å². The monoisotopic (exact) mass is 352 g/mol. The third-order valence-corrected chi connectivity index (χ3v) is 3.61. The number of hydrogen-bond donors (Lipinski definition) is 2. The van der Waals surface area contributed by atoms with Crippen molar-refractivity contribution in [2.45, 2.75) is 6.92 Å². The number of aromatic nitrogens is 1. The molecule has 1 aromatic heterocycles. The number of amides is 1. The van der Waals surface area contributed by atoms with Crippen molar-refractivity contribution in [1.29, 1.82) is 0 Å². The summed E-state index contributed by atoms with van der Waals surface area (Å²) in [5.41, 5.74) is 1.27. The van der Waals surface area contributed by atoms with Gasteiger partial charge in [-0.25, -0.2) is 4.79 Å². The Morgan fingerprint density at radius 2 is 1.85 bits per heavy atom. The molecule has 1 heterocycles. The minimum Gasteiger partial charge on any atom is -0.497 e. The van der Waals surface area contributed by atoms with Gasteiger partial charge in [0.2, 0.25) is 5.91 Å². The van der Waals surface area contributed by atoms with Crippen LogP contribution in [0.4, 0.5) is 5.69 Å². The first-order valence-corrected chi connectivity index (χ1v) is 7.73. The summed E-state index contributed by atoms with van der Waals surface area (Å²) in [6.07, 6.45) is 1.58. The van der Waals surface area contributed by atoms with Gasteiger partial charge in [-0.15, -0.1) is 0 Å². The van der Waals surface area contributed by atoms with Crippen LogP contribution < -0.4 is 14.8 Å². The van der Waals surface area contributed by atoms with Gasteiger partial charge in [0.05, 0.1) is 18.2 Å². The lowest BCUT2D eigenvalue weighted by atomic mass is 10.1. The van der Waals surface area contributed by atoms with E-state index < -0.39 is 5.97 Å². The second kappa shape index (κ2) is 7.10. The minimum atomic E-state index is -1.03. The maximum absolute atomic E-state index is 11.3. The van der Waals surface area contributed by atoms with E-state index in [0.717, 1.165) is 0 Å². The van der Waals surface area contributed by atoms with Gasteiger partial charge < -0.3 is 19.9 Å². The van der Waals surface area contributed by atoms with Crippen molar-refractivity contribution in [2.24, 2.45) is 0 Å². The van der Waals surface area contributed by atoms with Gasteiger partial charge in [-0.1, -0.05) is 0 Å². The Balaban J connectivity index is 2.04. The highest BCUT2D eigenvalue weighted by molar-refractivity contribution is 5.95. The first kappa shape index (κ1) is 17.2. The molecule has 0 aliphatic rings. The molecule has 0 radical (unpaired) electrons. The number of rotatable bonds is 5.